The van der Waals surface area contributed by atoms with Gasteiger partial charge in [0.15, 0.2) is 5.96 Å². The predicted molar refractivity (Wildman–Crippen MR) is 92.3 cm³/mol. The van der Waals surface area contributed by atoms with Gasteiger partial charge in [-0.3, -0.25) is 14.6 Å². The van der Waals surface area contributed by atoms with Gasteiger partial charge in [0.05, 0.1) is 12.0 Å². The van der Waals surface area contributed by atoms with E-state index in [1.165, 1.54) is 6.92 Å². The highest BCUT2D eigenvalue weighted by Gasteiger charge is 2.41. The van der Waals surface area contributed by atoms with Crippen LogP contribution in [0.2, 0.25) is 0 Å². The van der Waals surface area contributed by atoms with Gasteiger partial charge in [-0.05, 0) is 19.8 Å². The lowest BCUT2D eigenvalue weighted by molar-refractivity contribution is -0.138. The molecule has 3 N–H and O–H groups in total. The Morgan fingerprint density at radius 3 is 2.22 bits per heavy atom. The molecule has 0 aromatic rings. The molecule has 23 heavy (non-hydrogen) atoms. The van der Waals surface area contributed by atoms with E-state index in [-0.39, 0.29) is 17.2 Å². The Kier molecular flexibility index (Phi) is 7.85. The van der Waals surface area contributed by atoms with Crippen LogP contribution in [0.1, 0.15) is 39.5 Å². The smallest absolute Gasteiger partial charge is 0.230 e. The van der Waals surface area contributed by atoms with E-state index in [9.17, 15) is 9.59 Å². The van der Waals surface area contributed by atoms with Crippen LogP contribution in [0.25, 0.3) is 0 Å². The first-order valence-electron chi connectivity index (χ1n) is 8.39. The summed E-state index contributed by atoms with van der Waals surface area (Å²) in [6.07, 6.45) is 3.97. The Morgan fingerprint density at radius 1 is 1.09 bits per heavy atom. The molecule has 7 nitrogen and oxygen atoms in total. The average Bonchev–Trinajstić information content (AvgIpc) is 2.98. The SMILES string of the molecule is CCNC(=NCC1(C(=O)N(C)C)CCCC1)NCCNC(C)=O. The molecule has 0 heterocycles. The summed E-state index contributed by atoms with van der Waals surface area (Å²) in [6.45, 7) is 5.89. The minimum Gasteiger partial charge on any atom is -0.357 e. The molecule has 0 aliphatic heterocycles. The van der Waals surface area contributed by atoms with E-state index in [2.05, 4.69) is 20.9 Å². The fraction of sp³-hybridized carbons (Fsp3) is 0.812. The molecule has 1 fully saturated rings. The van der Waals surface area contributed by atoms with Crippen LogP contribution < -0.4 is 16.0 Å². The van der Waals surface area contributed by atoms with Crippen molar-refractivity contribution >= 4 is 17.8 Å². The van der Waals surface area contributed by atoms with Crippen molar-refractivity contribution in [1.82, 2.24) is 20.9 Å². The average molecular weight is 325 g/mol. The summed E-state index contributed by atoms with van der Waals surface area (Å²) in [5, 5.41) is 9.10. The fourth-order valence-electron chi connectivity index (χ4n) is 2.96. The van der Waals surface area contributed by atoms with E-state index in [0.717, 1.165) is 32.2 Å². The minimum absolute atomic E-state index is 0.0461. The topological polar surface area (TPSA) is 85.8 Å². The molecule has 0 bridgehead atoms. The highest BCUT2D eigenvalue weighted by molar-refractivity contribution is 5.84. The summed E-state index contributed by atoms with van der Waals surface area (Å²) in [5.41, 5.74) is -0.358. The van der Waals surface area contributed by atoms with Crippen LogP contribution in [-0.2, 0) is 9.59 Å². The maximum absolute atomic E-state index is 12.5. The number of hydrogen-bond donors (Lipinski definition) is 3. The van der Waals surface area contributed by atoms with Gasteiger partial charge in [-0.15, -0.1) is 0 Å². The van der Waals surface area contributed by atoms with Crippen molar-refractivity contribution in [2.75, 3.05) is 40.3 Å². The molecule has 0 aromatic heterocycles. The number of hydrogen-bond acceptors (Lipinski definition) is 3. The van der Waals surface area contributed by atoms with Crippen LogP contribution in [0, 0.1) is 5.41 Å². The van der Waals surface area contributed by atoms with Gasteiger partial charge in [0.2, 0.25) is 11.8 Å². The first-order chi connectivity index (χ1) is 10.9. The molecule has 0 atom stereocenters. The van der Waals surface area contributed by atoms with E-state index in [0.29, 0.717) is 25.6 Å². The molecule has 0 radical (unpaired) electrons. The Bertz CT molecular complexity index is 428. The number of rotatable bonds is 7. The van der Waals surface area contributed by atoms with Gasteiger partial charge in [-0.25, -0.2) is 0 Å². The molecule has 0 spiro atoms. The number of carbonyl (C=O) groups is 2. The summed E-state index contributed by atoms with van der Waals surface area (Å²) < 4.78 is 0. The second-order valence-corrected chi connectivity index (χ2v) is 6.29. The van der Waals surface area contributed by atoms with E-state index >= 15 is 0 Å². The van der Waals surface area contributed by atoms with E-state index in [1.54, 1.807) is 4.90 Å². The molecule has 1 saturated carbocycles. The Morgan fingerprint density at radius 2 is 1.70 bits per heavy atom. The summed E-state index contributed by atoms with van der Waals surface area (Å²) in [6, 6.07) is 0. The van der Waals surface area contributed by atoms with Crippen molar-refractivity contribution < 1.29 is 9.59 Å². The maximum atomic E-state index is 12.5. The van der Waals surface area contributed by atoms with Gasteiger partial charge in [0.25, 0.3) is 0 Å². The molecule has 0 unspecified atom stereocenters. The molecule has 1 rings (SSSR count). The number of nitrogens with zero attached hydrogens (tertiary/aromatic N) is 2. The van der Waals surface area contributed by atoms with Crippen LogP contribution in [0.15, 0.2) is 4.99 Å². The summed E-state index contributed by atoms with van der Waals surface area (Å²) in [4.78, 5) is 29.7. The molecule has 2 amide bonds. The number of nitrogens with one attached hydrogen (secondary N) is 3. The molecular formula is C16H31N5O2. The summed E-state index contributed by atoms with van der Waals surface area (Å²) in [5.74, 6) is 0.818. The normalized spacial score (nSPS) is 16.8. The van der Waals surface area contributed by atoms with Gasteiger partial charge in [0.1, 0.15) is 0 Å². The lowest BCUT2D eigenvalue weighted by Gasteiger charge is -2.29. The highest BCUT2D eigenvalue weighted by Crippen LogP contribution is 2.39. The predicted octanol–water partition coefficient (Wildman–Crippen LogP) is 0.326. The molecular weight excluding hydrogens is 294 g/mol. The number of aliphatic imine (C=N–C) groups is 1. The zero-order valence-corrected chi connectivity index (χ0v) is 14.9. The quantitative estimate of drug-likeness (QED) is 0.358. The van der Waals surface area contributed by atoms with Crippen molar-refractivity contribution in [2.24, 2.45) is 10.4 Å². The zero-order chi connectivity index (χ0) is 17.3. The van der Waals surface area contributed by atoms with Gasteiger partial charge >= 0.3 is 0 Å². The lowest BCUT2D eigenvalue weighted by atomic mass is 9.85. The molecule has 1 aliphatic rings. The largest absolute Gasteiger partial charge is 0.357 e. The van der Waals surface area contributed by atoms with Crippen LogP contribution in [0.5, 0.6) is 0 Å². The number of carbonyl (C=O) groups excluding carboxylic acids is 2. The van der Waals surface area contributed by atoms with Crippen molar-refractivity contribution in [2.45, 2.75) is 39.5 Å². The lowest BCUT2D eigenvalue weighted by Crippen LogP contribution is -2.44. The van der Waals surface area contributed by atoms with E-state index < -0.39 is 0 Å². The van der Waals surface area contributed by atoms with Gasteiger partial charge < -0.3 is 20.9 Å². The van der Waals surface area contributed by atoms with Crippen LogP contribution in [-0.4, -0.2) is 62.9 Å². The van der Waals surface area contributed by atoms with Crippen LogP contribution in [0.3, 0.4) is 0 Å². The van der Waals surface area contributed by atoms with Gasteiger partial charge in [-0.2, -0.15) is 0 Å². The Balaban J connectivity index is 2.65. The third-order valence-electron chi connectivity index (χ3n) is 4.10. The first kappa shape index (κ1) is 19.3. The molecule has 0 saturated heterocycles. The Hall–Kier alpha value is -1.79. The monoisotopic (exact) mass is 325 g/mol. The van der Waals surface area contributed by atoms with Crippen molar-refractivity contribution in [3.8, 4) is 0 Å². The second kappa shape index (κ2) is 9.37. The first-order valence-corrected chi connectivity index (χ1v) is 8.39. The second-order valence-electron chi connectivity index (χ2n) is 6.29. The van der Waals surface area contributed by atoms with Crippen molar-refractivity contribution in [3.05, 3.63) is 0 Å². The van der Waals surface area contributed by atoms with Gasteiger partial charge in [-0.1, -0.05) is 12.8 Å². The van der Waals surface area contributed by atoms with Crippen molar-refractivity contribution in [3.63, 3.8) is 0 Å². The number of amides is 2. The summed E-state index contributed by atoms with van der Waals surface area (Å²) >= 11 is 0. The van der Waals surface area contributed by atoms with E-state index in [4.69, 9.17) is 0 Å². The third-order valence-corrected chi connectivity index (χ3v) is 4.10. The van der Waals surface area contributed by atoms with Crippen LogP contribution in [0.4, 0.5) is 0 Å². The summed E-state index contributed by atoms with van der Waals surface area (Å²) in [7, 11) is 3.62. The van der Waals surface area contributed by atoms with Gasteiger partial charge in [0, 0.05) is 40.7 Å². The maximum Gasteiger partial charge on any atom is 0.230 e. The third kappa shape index (κ3) is 6.08. The fourth-order valence-corrected chi connectivity index (χ4v) is 2.96. The number of guanidine groups is 1. The van der Waals surface area contributed by atoms with Crippen molar-refractivity contribution in [1.29, 1.82) is 0 Å². The zero-order valence-electron chi connectivity index (χ0n) is 14.9. The Labute approximate surface area is 139 Å². The molecule has 7 heteroatoms. The standard InChI is InChI=1S/C16H31N5O2/c1-5-17-15(19-11-10-18-13(2)22)20-12-16(8-6-7-9-16)14(23)21(3)4/h5-12H2,1-4H3,(H,18,22)(H2,17,19,20). The molecule has 132 valence electrons. The minimum atomic E-state index is -0.358. The molecule has 0 aromatic carbocycles. The molecule has 1 aliphatic carbocycles. The van der Waals surface area contributed by atoms with E-state index in [1.807, 2.05) is 21.0 Å². The highest BCUT2D eigenvalue weighted by atomic mass is 16.2. The van der Waals surface area contributed by atoms with Crippen LogP contribution >= 0.6 is 0 Å².